The van der Waals surface area contributed by atoms with Crippen molar-refractivity contribution in [3.05, 3.63) is 39.8 Å². The van der Waals surface area contributed by atoms with Gasteiger partial charge in [-0.1, -0.05) is 29.0 Å². The molecule has 1 aromatic carbocycles. The third kappa shape index (κ3) is 2.33. The maximum Gasteiger partial charge on any atom is 0.279 e. The molecule has 0 aliphatic rings. The molecule has 1 heterocycles. The smallest absolute Gasteiger partial charge is 0.279 e. The van der Waals surface area contributed by atoms with Gasteiger partial charge in [0.1, 0.15) is 10.4 Å². The minimum absolute atomic E-state index is 0.653. The van der Waals surface area contributed by atoms with Gasteiger partial charge in [0.25, 0.3) is 5.19 Å². The first-order valence-electron chi connectivity index (χ1n) is 4.09. The minimum atomic E-state index is 0.653. The first-order chi connectivity index (χ1) is 6.74. The van der Waals surface area contributed by atoms with Gasteiger partial charge < -0.3 is 4.74 Å². The van der Waals surface area contributed by atoms with Crippen LogP contribution < -0.4 is 4.74 Å². The van der Waals surface area contributed by atoms with Crippen molar-refractivity contribution in [3.63, 3.8) is 0 Å². The van der Waals surface area contributed by atoms with Gasteiger partial charge in [0.15, 0.2) is 0 Å². The topological polar surface area (TPSA) is 22.1 Å². The Morgan fingerprint density at radius 3 is 2.57 bits per heavy atom. The van der Waals surface area contributed by atoms with Crippen LogP contribution in [0.5, 0.6) is 10.9 Å². The summed E-state index contributed by atoms with van der Waals surface area (Å²) in [5.74, 6) is 0.817. The Balaban J connectivity index is 2.15. The highest BCUT2D eigenvalue weighted by atomic mass is 79.9. The fourth-order valence-corrected chi connectivity index (χ4v) is 2.10. The Kier molecular flexibility index (Phi) is 2.84. The molecule has 4 heteroatoms. The van der Waals surface area contributed by atoms with Gasteiger partial charge in [0.05, 0.1) is 0 Å². The molecule has 0 aliphatic heterocycles. The summed E-state index contributed by atoms with van der Waals surface area (Å²) in [6, 6.07) is 7.89. The average Bonchev–Trinajstić information content (AvgIpc) is 2.56. The van der Waals surface area contributed by atoms with Crippen LogP contribution >= 0.6 is 27.3 Å². The van der Waals surface area contributed by atoms with Crippen LogP contribution in [0.25, 0.3) is 0 Å². The van der Waals surface area contributed by atoms with Crippen molar-refractivity contribution >= 4 is 27.3 Å². The van der Waals surface area contributed by atoms with E-state index in [-0.39, 0.29) is 0 Å². The first kappa shape index (κ1) is 9.68. The van der Waals surface area contributed by atoms with E-state index in [4.69, 9.17) is 4.74 Å². The van der Waals surface area contributed by atoms with Crippen LogP contribution in [0.15, 0.2) is 34.2 Å². The summed E-state index contributed by atoms with van der Waals surface area (Å²) in [4.78, 5) is 4.14. The molecule has 0 amide bonds. The van der Waals surface area contributed by atoms with E-state index in [0.29, 0.717) is 5.19 Å². The SMILES string of the molecule is Cc1ccc(Oc2nc(Br)cs2)cc1. The molecule has 0 fully saturated rings. The average molecular weight is 270 g/mol. The lowest BCUT2D eigenvalue weighted by atomic mass is 10.2. The van der Waals surface area contributed by atoms with Crippen LogP contribution in [0.2, 0.25) is 0 Å². The Morgan fingerprint density at radius 1 is 1.29 bits per heavy atom. The van der Waals surface area contributed by atoms with Gasteiger partial charge in [-0.05, 0) is 35.0 Å². The summed E-state index contributed by atoms with van der Waals surface area (Å²) < 4.78 is 6.34. The van der Waals surface area contributed by atoms with Crippen LogP contribution in [-0.4, -0.2) is 4.98 Å². The Bertz CT molecular complexity index is 424. The van der Waals surface area contributed by atoms with E-state index in [2.05, 4.69) is 20.9 Å². The molecule has 0 saturated carbocycles. The maximum absolute atomic E-state index is 5.53. The summed E-state index contributed by atoms with van der Waals surface area (Å²) in [5, 5.41) is 2.55. The number of aromatic nitrogens is 1. The van der Waals surface area contributed by atoms with Gasteiger partial charge in [0.2, 0.25) is 0 Å². The number of rotatable bonds is 2. The van der Waals surface area contributed by atoms with Crippen molar-refractivity contribution in [1.82, 2.24) is 4.98 Å². The van der Waals surface area contributed by atoms with E-state index in [1.54, 1.807) is 0 Å². The molecule has 0 saturated heterocycles. The third-order valence-electron chi connectivity index (χ3n) is 1.68. The predicted molar refractivity (Wildman–Crippen MR) is 61.1 cm³/mol. The van der Waals surface area contributed by atoms with E-state index < -0.39 is 0 Å². The van der Waals surface area contributed by atoms with E-state index in [1.807, 2.05) is 36.6 Å². The molecule has 0 unspecified atom stereocenters. The molecule has 0 spiro atoms. The molecule has 1 aromatic heterocycles. The second-order valence-electron chi connectivity index (χ2n) is 2.85. The molecule has 2 nitrogen and oxygen atoms in total. The van der Waals surface area contributed by atoms with Gasteiger partial charge >= 0.3 is 0 Å². The largest absolute Gasteiger partial charge is 0.431 e. The predicted octanol–water partition coefficient (Wildman–Crippen LogP) is 4.01. The molecule has 14 heavy (non-hydrogen) atoms. The van der Waals surface area contributed by atoms with Gasteiger partial charge in [-0.2, -0.15) is 4.98 Å². The lowest BCUT2D eigenvalue weighted by Crippen LogP contribution is -1.82. The molecule has 0 atom stereocenters. The number of thiazole rings is 1. The second-order valence-corrected chi connectivity index (χ2v) is 4.48. The van der Waals surface area contributed by atoms with Crippen molar-refractivity contribution in [1.29, 1.82) is 0 Å². The van der Waals surface area contributed by atoms with Crippen molar-refractivity contribution in [2.24, 2.45) is 0 Å². The summed E-state index contributed by atoms with van der Waals surface area (Å²) in [5.41, 5.74) is 1.22. The summed E-state index contributed by atoms with van der Waals surface area (Å²) >= 11 is 4.74. The van der Waals surface area contributed by atoms with E-state index in [9.17, 15) is 0 Å². The van der Waals surface area contributed by atoms with Gasteiger partial charge in [0, 0.05) is 5.38 Å². The summed E-state index contributed by atoms with van der Waals surface area (Å²) in [6.07, 6.45) is 0. The Morgan fingerprint density at radius 2 is 2.00 bits per heavy atom. The number of nitrogens with zero attached hydrogens (tertiary/aromatic N) is 1. The standard InChI is InChI=1S/C10H8BrNOS/c1-7-2-4-8(5-3-7)13-10-12-9(11)6-14-10/h2-6H,1H3. The zero-order chi connectivity index (χ0) is 9.97. The lowest BCUT2D eigenvalue weighted by Gasteiger charge is -2.00. The van der Waals surface area contributed by atoms with Crippen molar-refractivity contribution < 1.29 is 4.74 Å². The second kappa shape index (κ2) is 4.11. The van der Waals surface area contributed by atoms with Crippen LogP contribution in [0, 0.1) is 6.92 Å². The van der Waals surface area contributed by atoms with Gasteiger partial charge in [-0.15, -0.1) is 0 Å². The van der Waals surface area contributed by atoms with Crippen LogP contribution in [0.4, 0.5) is 0 Å². The fraction of sp³-hybridized carbons (Fsp3) is 0.100. The molecule has 2 aromatic rings. The molecule has 0 N–H and O–H groups in total. The van der Waals surface area contributed by atoms with Crippen molar-refractivity contribution in [2.75, 3.05) is 0 Å². The quantitative estimate of drug-likeness (QED) is 0.822. The number of hydrogen-bond donors (Lipinski definition) is 0. The summed E-state index contributed by atoms with van der Waals surface area (Å²) in [6.45, 7) is 2.05. The third-order valence-corrected chi connectivity index (χ3v) is 3.11. The molecular formula is C10H8BrNOS. The van der Waals surface area contributed by atoms with E-state index in [1.165, 1.54) is 16.9 Å². The fourth-order valence-electron chi connectivity index (χ4n) is 0.993. The van der Waals surface area contributed by atoms with Crippen LogP contribution in [0.3, 0.4) is 0 Å². The van der Waals surface area contributed by atoms with E-state index in [0.717, 1.165) is 10.4 Å². The number of aryl methyl sites for hydroxylation is 1. The highest BCUT2D eigenvalue weighted by Gasteiger charge is 2.01. The number of halogens is 1. The van der Waals surface area contributed by atoms with Crippen LogP contribution in [-0.2, 0) is 0 Å². The normalized spacial score (nSPS) is 10.1. The number of hydrogen-bond acceptors (Lipinski definition) is 3. The molecule has 0 bridgehead atoms. The summed E-state index contributed by atoms with van der Waals surface area (Å²) in [7, 11) is 0. The highest BCUT2D eigenvalue weighted by Crippen LogP contribution is 2.27. The number of benzene rings is 1. The Labute approximate surface area is 94.7 Å². The van der Waals surface area contributed by atoms with Gasteiger partial charge in [-0.3, -0.25) is 0 Å². The van der Waals surface area contributed by atoms with Crippen molar-refractivity contribution in [3.8, 4) is 10.9 Å². The van der Waals surface area contributed by atoms with Crippen molar-refractivity contribution in [2.45, 2.75) is 6.92 Å². The minimum Gasteiger partial charge on any atom is -0.431 e. The van der Waals surface area contributed by atoms with Crippen LogP contribution in [0.1, 0.15) is 5.56 Å². The molecular weight excluding hydrogens is 262 g/mol. The monoisotopic (exact) mass is 269 g/mol. The van der Waals surface area contributed by atoms with Gasteiger partial charge in [-0.25, -0.2) is 0 Å². The number of ether oxygens (including phenoxy) is 1. The molecule has 2 rings (SSSR count). The molecule has 0 radical (unpaired) electrons. The zero-order valence-corrected chi connectivity index (χ0v) is 9.93. The Hall–Kier alpha value is -0.870. The zero-order valence-electron chi connectivity index (χ0n) is 7.53. The van der Waals surface area contributed by atoms with E-state index >= 15 is 0 Å². The molecule has 72 valence electrons. The molecule has 0 aliphatic carbocycles. The lowest BCUT2D eigenvalue weighted by molar-refractivity contribution is 0.478. The highest BCUT2D eigenvalue weighted by molar-refractivity contribution is 9.10. The first-order valence-corrected chi connectivity index (χ1v) is 5.77. The maximum atomic E-state index is 5.53.